The number of esters is 1. The van der Waals surface area contributed by atoms with E-state index < -0.39 is 5.97 Å². The molecule has 0 unspecified atom stereocenters. The number of amides is 1. The number of carbonyl (C=O) groups is 2. The monoisotopic (exact) mass is 325 g/mol. The van der Waals surface area contributed by atoms with Crippen molar-refractivity contribution in [2.24, 2.45) is 0 Å². The summed E-state index contributed by atoms with van der Waals surface area (Å²) in [4.78, 5) is 23.1. The molecule has 22 heavy (non-hydrogen) atoms. The lowest BCUT2D eigenvalue weighted by molar-refractivity contribution is -0.149. The van der Waals surface area contributed by atoms with Crippen molar-refractivity contribution in [3.8, 4) is 0 Å². The quantitative estimate of drug-likeness (QED) is 0.801. The van der Waals surface area contributed by atoms with Gasteiger partial charge in [0.05, 0.1) is 0 Å². The number of hydrogen-bond donors (Lipinski definition) is 1. The molecule has 0 saturated carbocycles. The van der Waals surface area contributed by atoms with E-state index in [1.165, 1.54) is 6.26 Å². The van der Waals surface area contributed by atoms with Crippen molar-refractivity contribution in [2.45, 2.75) is 6.42 Å². The molecule has 118 valence electrons. The molecule has 1 heterocycles. The molecule has 0 aromatic heterocycles. The van der Waals surface area contributed by atoms with Gasteiger partial charge in [-0.3, -0.25) is 4.79 Å². The van der Waals surface area contributed by atoms with Crippen LogP contribution in [0.25, 0.3) is 0 Å². The summed E-state index contributed by atoms with van der Waals surface area (Å²) in [7, 11) is 0. The van der Waals surface area contributed by atoms with E-state index in [0.29, 0.717) is 24.6 Å². The topological polar surface area (TPSA) is 73.9 Å². The summed E-state index contributed by atoms with van der Waals surface area (Å²) in [5.41, 5.74) is 1.02. The van der Waals surface area contributed by atoms with Gasteiger partial charge < -0.3 is 19.5 Å². The first kappa shape index (κ1) is 16.2. The van der Waals surface area contributed by atoms with Crippen molar-refractivity contribution in [3.05, 3.63) is 46.9 Å². The van der Waals surface area contributed by atoms with Crippen LogP contribution >= 0.6 is 11.6 Å². The maximum Gasteiger partial charge on any atom is 0.377 e. The molecule has 2 rings (SSSR count). The molecule has 0 saturated heterocycles. The van der Waals surface area contributed by atoms with E-state index in [2.05, 4.69) is 5.32 Å². The van der Waals surface area contributed by atoms with Gasteiger partial charge in [-0.2, -0.15) is 0 Å². The Balaban J connectivity index is 1.65. The third-order valence-electron chi connectivity index (χ3n) is 2.81. The summed E-state index contributed by atoms with van der Waals surface area (Å²) in [5, 5.41) is 3.31. The van der Waals surface area contributed by atoms with Crippen LogP contribution in [0.1, 0.15) is 5.56 Å². The lowest BCUT2D eigenvalue weighted by Gasteiger charge is -2.14. The number of carbonyl (C=O) groups excluding carboxylic acids is 2. The Bertz CT molecular complexity index is 573. The van der Waals surface area contributed by atoms with Gasteiger partial charge in [0, 0.05) is 11.6 Å². The fraction of sp³-hybridized carbons (Fsp3) is 0.333. The van der Waals surface area contributed by atoms with E-state index in [1.54, 1.807) is 6.07 Å². The largest absolute Gasteiger partial charge is 0.493 e. The van der Waals surface area contributed by atoms with Gasteiger partial charge in [-0.25, -0.2) is 4.79 Å². The number of benzene rings is 1. The summed E-state index contributed by atoms with van der Waals surface area (Å²) in [6.45, 7) is 0.738. The molecule has 1 N–H and O–H groups in total. The Morgan fingerprint density at radius 2 is 2.18 bits per heavy atom. The highest BCUT2D eigenvalue weighted by Crippen LogP contribution is 2.10. The van der Waals surface area contributed by atoms with Crippen molar-refractivity contribution >= 4 is 23.5 Å². The Morgan fingerprint density at radius 1 is 1.32 bits per heavy atom. The van der Waals surface area contributed by atoms with Crippen LogP contribution in [0.4, 0.5) is 0 Å². The van der Waals surface area contributed by atoms with E-state index in [4.69, 9.17) is 25.8 Å². The summed E-state index contributed by atoms with van der Waals surface area (Å²) in [5.74, 6) is -1.13. The molecular weight excluding hydrogens is 310 g/mol. The van der Waals surface area contributed by atoms with Crippen LogP contribution in [0.15, 0.2) is 36.3 Å². The zero-order valence-electron chi connectivity index (χ0n) is 11.8. The van der Waals surface area contributed by atoms with Gasteiger partial charge in [0.25, 0.3) is 5.91 Å². The zero-order valence-corrected chi connectivity index (χ0v) is 12.6. The SMILES string of the molecule is O=C(COC(=O)C1=COCCO1)NCCc1cccc(Cl)c1. The van der Waals surface area contributed by atoms with Crippen LogP contribution in [-0.4, -0.2) is 38.2 Å². The molecule has 0 atom stereocenters. The number of rotatable bonds is 6. The second-order valence-corrected chi connectivity index (χ2v) is 4.94. The molecule has 1 aromatic rings. The van der Waals surface area contributed by atoms with Crippen LogP contribution in [0, 0.1) is 0 Å². The number of ether oxygens (including phenoxy) is 3. The lowest BCUT2D eigenvalue weighted by Crippen LogP contribution is -2.31. The van der Waals surface area contributed by atoms with Gasteiger partial charge in [0.15, 0.2) is 6.61 Å². The molecule has 7 heteroatoms. The average Bonchev–Trinajstić information content (AvgIpc) is 2.53. The van der Waals surface area contributed by atoms with Crippen molar-refractivity contribution in [3.63, 3.8) is 0 Å². The highest BCUT2D eigenvalue weighted by molar-refractivity contribution is 6.30. The average molecular weight is 326 g/mol. The van der Waals surface area contributed by atoms with Crippen molar-refractivity contribution < 1.29 is 23.8 Å². The number of nitrogens with one attached hydrogen (secondary N) is 1. The third-order valence-corrected chi connectivity index (χ3v) is 3.04. The molecular formula is C15H16ClNO5. The highest BCUT2D eigenvalue weighted by atomic mass is 35.5. The molecule has 1 aromatic carbocycles. The van der Waals surface area contributed by atoms with Gasteiger partial charge in [-0.1, -0.05) is 23.7 Å². The fourth-order valence-corrected chi connectivity index (χ4v) is 1.98. The first-order chi connectivity index (χ1) is 10.6. The van der Waals surface area contributed by atoms with E-state index in [1.807, 2.05) is 18.2 Å². The standard InChI is InChI=1S/C15H16ClNO5/c16-12-3-1-2-11(8-12)4-5-17-14(18)10-22-15(19)13-9-20-6-7-21-13/h1-3,8-9H,4-7,10H2,(H,17,18). The normalized spacial score (nSPS) is 13.4. The minimum atomic E-state index is -0.718. The first-order valence-electron chi connectivity index (χ1n) is 6.78. The lowest BCUT2D eigenvalue weighted by atomic mass is 10.1. The highest BCUT2D eigenvalue weighted by Gasteiger charge is 2.17. The maximum atomic E-state index is 11.6. The van der Waals surface area contributed by atoms with Crippen molar-refractivity contribution in [2.75, 3.05) is 26.4 Å². The van der Waals surface area contributed by atoms with E-state index in [0.717, 1.165) is 5.56 Å². The molecule has 6 nitrogen and oxygen atoms in total. The second-order valence-electron chi connectivity index (χ2n) is 4.51. The van der Waals surface area contributed by atoms with Crippen LogP contribution in [0.3, 0.4) is 0 Å². The predicted molar refractivity (Wildman–Crippen MR) is 79.1 cm³/mol. The minimum Gasteiger partial charge on any atom is -0.493 e. The fourth-order valence-electron chi connectivity index (χ4n) is 1.77. The summed E-state index contributed by atoms with van der Waals surface area (Å²) >= 11 is 5.87. The van der Waals surface area contributed by atoms with E-state index >= 15 is 0 Å². The molecule has 1 aliphatic rings. The van der Waals surface area contributed by atoms with Gasteiger partial charge in [-0.15, -0.1) is 0 Å². The predicted octanol–water partition coefficient (Wildman–Crippen LogP) is 1.43. The minimum absolute atomic E-state index is 0.0297. The second kappa shape index (κ2) is 8.29. The number of halogens is 1. The van der Waals surface area contributed by atoms with Gasteiger partial charge >= 0.3 is 5.97 Å². The summed E-state index contributed by atoms with van der Waals surface area (Å²) in [6.07, 6.45) is 1.82. The number of hydrogen-bond acceptors (Lipinski definition) is 5. The van der Waals surface area contributed by atoms with Crippen molar-refractivity contribution in [1.82, 2.24) is 5.32 Å². The van der Waals surface area contributed by atoms with E-state index in [9.17, 15) is 9.59 Å². The molecule has 0 aliphatic carbocycles. The van der Waals surface area contributed by atoms with Crippen LogP contribution in [0.5, 0.6) is 0 Å². The maximum absolute atomic E-state index is 11.6. The van der Waals surface area contributed by atoms with Crippen LogP contribution in [0.2, 0.25) is 5.02 Å². The molecule has 0 bridgehead atoms. The van der Waals surface area contributed by atoms with Gasteiger partial charge in [-0.05, 0) is 24.1 Å². The zero-order chi connectivity index (χ0) is 15.8. The van der Waals surface area contributed by atoms with Crippen molar-refractivity contribution in [1.29, 1.82) is 0 Å². The summed E-state index contributed by atoms with van der Waals surface area (Å²) < 4.78 is 14.8. The Morgan fingerprint density at radius 3 is 2.91 bits per heavy atom. The molecule has 0 radical (unpaired) electrons. The molecule has 0 spiro atoms. The Hall–Kier alpha value is -2.21. The van der Waals surface area contributed by atoms with Crippen LogP contribution in [-0.2, 0) is 30.2 Å². The Labute approximate surface area is 133 Å². The first-order valence-corrected chi connectivity index (χ1v) is 7.16. The van der Waals surface area contributed by atoms with E-state index in [-0.39, 0.29) is 24.9 Å². The van der Waals surface area contributed by atoms with Gasteiger partial charge in [0.2, 0.25) is 5.76 Å². The van der Waals surface area contributed by atoms with Crippen LogP contribution < -0.4 is 5.32 Å². The third kappa shape index (κ3) is 5.29. The molecule has 1 aliphatic heterocycles. The molecule has 1 amide bonds. The smallest absolute Gasteiger partial charge is 0.377 e. The Kier molecular flexibility index (Phi) is 6.09. The summed E-state index contributed by atoms with van der Waals surface area (Å²) in [6, 6.07) is 7.39. The van der Waals surface area contributed by atoms with Gasteiger partial charge in [0.1, 0.15) is 19.5 Å². The molecule has 0 fully saturated rings.